The summed E-state index contributed by atoms with van der Waals surface area (Å²) >= 11 is 11.8. The second kappa shape index (κ2) is 9.54. The highest BCUT2D eigenvalue weighted by molar-refractivity contribution is 7.80. The van der Waals surface area contributed by atoms with Crippen molar-refractivity contribution in [1.82, 2.24) is 19.6 Å². The van der Waals surface area contributed by atoms with E-state index in [0.717, 1.165) is 33.3 Å². The Hall–Kier alpha value is -3.16. The fourth-order valence-corrected chi connectivity index (χ4v) is 4.02. The molecule has 0 aliphatic rings. The Labute approximate surface area is 198 Å². The average Bonchev–Trinajstić information content (AvgIpc) is 3.29. The summed E-state index contributed by atoms with van der Waals surface area (Å²) in [5, 5.41) is 16.8. The van der Waals surface area contributed by atoms with E-state index in [1.807, 2.05) is 53.7 Å². The molecule has 0 spiro atoms. The predicted molar refractivity (Wildman–Crippen MR) is 135 cm³/mol. The molecule has 164 valence electrons. The normalized spacial score (nSPS) is 10.9. The fourth-order valence-electron chi connectivity index (χ4n) is 3.61. The van der Waals surface area contributed by atoms with Crippen LogP contribution in [0.3, 0.4) is 0 Å². The van der Waals surface area contributed by atoms with Gasteiger partial charge in [0, 0.05) is 11.2 Å². The molecule has 2 heterocycles. The largest absolute Gasteiger partial charge is 0.330 e. The molecule has 0 unspecified atom stereocenters. The summed E-state index contributed by atoms with van der Waals surface area (Å²) < 4.78 is 3.82. The first-order valence-electron chi connectivity index (χ1n) is 10.3. The zero-order valence-electron chi connectivity index (χ0n) is 18.3. The topological polar surface area (TPSA) is 59.7 Å². The van der Waals surface area contributed by atoms with Crippen LogP contribution in [0.15, 0.2) is 60.9 Å². The maximum Gasteiger partial charge on any atom is 0.175 e. The number of hydrogen-bond donors (Lipinski definition) is 2. The molecule has 0 atom stereocenters. The maximum absolute atomic E-state index is 6.25. The molecule has 6 nitrogen and oxygen atoms in total. The van der Waals surface area contributed by atoms with E-state index >= 15 is 0 Å². The van der Waals surface area contributed by atoms with Crippen molar-refractivity contribution in [3.05, 3.63) is 94.0 Å². The van der Waals surface area contributed by atoms with Gasteiger partial charge in [0.2, 0.25) is 0 Å². The molecule has 0 amide bonds. The lowest BCUT2D eigenvalue weighted by Crippen LogP contribution is -2.19. The number of hydrogen-bond acceptors (Lipinski definition) is 3. The van der Waals surface area contributed by atoms with Crippen LogP contribution in [0.4, 0.5) is 11.4 Å². The molecule has 4 aromatic rings. The van der Waals surface area contributed by atoms with E-state index in [1.165, 1.54) is 11.1 Å². The highest BCUT2D eigenvalue weighted by Gasteiger charge is 2.14. The van der Waals surface area contributed by atoms with Crippen LogP contribution in [0.1, 0.15) is 28.1 Å². The van der Waals surface area contributed by atoms with Crippen LogP contribution >= 0.6 is 23.8 Å². The van der Waals surface area contributed by atoms with Crippen molar-refractivity contribution in [3.63, 3.8) is 0 Å². The average molecular weight is 465 g/mol. The second-order valence-electron chi connectivity index (χ2n) is 7.79. The van der Waals surface area contributed by atoms with Gasteiger partial charge in [-0.05, 0) is 50.2 Å². The minimum Gasteiger partial charge on any atom is -0.330 e. The second-order valence-corrected chi connectivity index (χ2v) is 8.61. The number of thiocarbonyl (C=S) groups is 1. The lowest BCUT2D eigenvalue weighted by atomic mass is 10.1. The van der Waals surface area contributed by atoms with Crippen molar-refractivity contribution in [1.29, 1.82) is 0 Å². The van der Waals surface area contributed by atoms with Crippen molar-refractivity contribution in [2.75, 3.05) is 10.6 Å². The molecule has 0 saturated carbocycles. The van der Waals surface area contributed by atoms with Gasteiger partial charge in [0.15, 0.2) is 5.11 Å². The van der Waals surface area contributed by atoms with E-state index < -0.39 is 0 Å². The molecule has 0 fully saturated rings. The van der Waals surface area contributed by atoms with E-state index in [1.54, 1.807) is 6.20 Å². The van der Waals surface area contributed by atoms with E-state index in [-0.39, 0.29) is 0 Å². The summed E-state index contributed by atoms with van der Waals surface area (Å²) in [6.45, 7) is 7.42. The first kappa shape index (κ1) is 22.0. The number of rotatable bonds is 6. The summed E-state index contributed by atoms with van der Waals surface area (Å²) in [6.07, 6.45) is 3.64. The molecule has 0 aliphatic heterocycles. The van der Waals surface area contributed by atoms with Gasteiger partial charge in [0.1, 0.15) is 0 Å². The van der Waals surface area contributed by atoms with E-state index in [2.05, 4.69) is 46.9 Å². The Morgan fingerprint density at radius 3 is 2.62 bits per heavy atom. The van der Waals surface area contributed by atoms with Gasteiger partial charge in [-0.3, -0.25) is 9.36 Å². The van der Waals surface area contributed by atoms with Crippen molar-refractivity contribution >= 4 is 40.3 Å². The summed E-state index contributed by atoms with van der Waals surface area (Å²) in [4.78, 5) is 0. The molecule has 0 aliphatic carbocycles. The quantitative estimate of drug-likeness (QED) is 0.365. The third kappa shape index (κ3) is 5.18. The summed E-state index contributed by atoms with van der Waals surface area (Å²) in [6, 6.07) is 16.2. The lowest BCUT2D eigenvalue weighted by Gasteiger charge is -2.10. The SMILES string of the molecule is Cc1cccc(Cn2nc(C)c(NC(=S)Nc3cnn(Cc4ccccc4Cl)c3)c2C)c1. The Morgan fingerprint density at radius 1 is 1.03 bits per heavy atom. The lowest BCUT2D eigenvalue weighted by molar-refractivity contribution is 0.659. The van der Waals surface area contributed by atoms with Gasteiger partial charge in [0.05, 0.1) is 42.0 Å². The van der Waals surface area contributed by atoms with E-state index in [0.29, 0.717) is 18.2 Å². The van der Waals surface area contributed by atoms with Gasteiger partial charge in [0.25, 0.3) is 0 Å². The number of benzene rings is 2. The van der Waals surface area contributed by atoms with Gasteiger partial charge in [-0.25, -0.2) is 0 Å². The number of aromatic nitrogens is 4. The number of halogens is 1. The third-order valence-electron chi connectivity index (χ3n) is 5.22. The number of aryl methyl sites for hydroxylation is 2. The molecule has 2 aromatic heterocycles. The van der Waals surface area contributed by atoms with Crippen molar-refractivity contribution in [2.45, 2.75) is 33.9 Å². The minimum absolute atomic E-state index is 0.489. The molecule has 0 radical (unpaired) electrons. The Morgan fingerprint density at radius 2 is 1.84 bits per heavy atom. The molecule has 0 saturated heterocycles. The Bertz CT molecular complexity index is 1260. The van der Waals surface area contributed by atoms with Gasteiger partial charge in [-0.15, -0.1) is 0 Å². The van der Waals surface area contributed by atoms with Crippen LogP contribution in [0.25, 0.3) is 0 Å². The summed E-state index contributed by atoms with van der Waals surface area (Å²) in [5.41, 5.74) is 7.11. The summed E-state index contributed by atoms with van der Waals surface area (Å²) in [5.74, 6) is 0. The smallest absolute Gasteiger partial charge is 0.175 e. The highest BCUT2D eigenvalue weighted by atomic mass is 35.5. The van der Waals surface area contributed by atoms with Crippen molar-refractivity contribution in [3.8, 4) is 0 Å². The molecule has 8 heteroatoms. The van der Waals surface area contributed by atoms with E-state index in [9.17, 15) is 0 Å². The third-order valence-corrected chi connectivity index (χ3v) is 5.79. The number of anilines is 2. The van der Waals surface area contributed by atoms with E-state index in [4.69, 9.17) is 28.9 Å². The fraction of sp³-hybridized carbons (Fsp3) is 0.208. The number of nitrogens with zero attached hydrogens (tertiary/aromatic N) is 4. The maximum atomic E-state index is 6.25. The van der Waals surface area contributed by atoms with Crippen LogP contribution in [-0.4, -0.2) is 24.7 Å². The van der Waals surface area contributed by atoms with Gasteiger partial charge >= 0.3 is 0 Å². The zero-order chi connectivity index (χ0) is 22.7. The minimum atomic E-state index is 0.489. The molecule has 32 heavy (non-hydrogen) atoms. The first-order valence-corrected chi connectivity index (χ1v) is 11.1. The standard InChI is InChI=1S/C24H25ClN6S/c1-16-7-6-8-19(11-16)13-31-18(3)23(17(2)29-31)28-24(32)27-21-12-26-30(15-21)14-20-9-4-5-10-22(20)25/h4-12,15H,13-14H2,1-3H3,(H2,27,28,32). The van der Waals surface area contributed by atoms with Crippen LogP contribution in [-0.2, 0) is 13.1 Å². The van der Waals surface area contributed by atoms with Gasteiger partial charge in [-0.1, -0.05) is 59.6 Å². The van der Waals surface area contributed by atoms with Gasteiger partial charge < -0.3 is 10.6 Å². The van der Waals surface area contributed by atoms with Crippen LogP contribution in [0.5, 0.6) is 0 Å². The van der Waals surface area contributed by atoms with Crippen LogP contribution in [0, 0.1) is 20.8 Å². The zero-order valence-corrected chi connectivity index (χ0v) is 19.8. The molecule has 2 aromatic carbocycles. The summed E-state index contributed by atoms with van der Waals surface area (Å²) in [7, 11) is 0. The van der Waals surface area contributed by atoms with Crippen molar-refractivity contribution < 1.29 is 0 Å². The molecular formula is C24H25ClN6S. The van der Waals surface area contributed by atoms with Crippen LogP contribution in [0.2, 0.25) is 5.02 Å². The number of nitrogens with one attached hydrogen (secondary N) is 2. The monoisotopic (exact) mass is 464 g/mol. The molecule has 2 N–H and O–H groups in total. The molecule has 0 bridgehead atoms. The Balaban J connectivity index is 1.41. The Kier molecular flexibility index (Phi) is 6.58. The van der Waals surface area contributed by atoms with Crippen LogP contribution < -0.4 is 10.6 Å². The predicted octanol–water partition coefficient (Wildman–Crippen LogP) is 5.56. The molecule has 4 rings (SSSR count). The van der Waals surface area contributed by atoms with Crippen molar-refractivity contribution in [2.24, 2.45) is 0 Å². The first-order chi connectivity index (χ1) is 15.4. The molecular weight excluding hydrogens is 440 g/mol. The highest BCUT2D eigenvalue weighted by Crippen LogP contribution is 2.22. The van der Waals surface area contributed by atoms with Gasteiger partial charge in [-0.2, -0.15) is 10.2 Å².